The zero-order valence-corrected chi connectivity index (χ0v) is 18.3. The fourth-order valence-corrected chi connectivity index (χ4v) is 4.16. The van der Waals surface area contributed by atoms with E-state index in [9.17, 15) is 14.7 Å². The van der Waals surface area contributed by atoms with E-state index in [0.717, 1.165) is 37.8 Å². The SMILES string of the molecule is CCC1CCCCN1c1nc2ccc(C)cn2c(=O)c1/C=N/NC(=O)c1ccccc1O. The van der Waals surface area contributed by atoms with Crippen molar-refractivity contribution < 1.29 is 9.90 Å². The number of aromatic hydroxyl groups is 1. The number of rotatable bonds is 5. The van der Waals surface area contributed by atoms with Gasteiger partial charge in [0.1, 0.15) is 22.8 Å². The largest absolute Gasteiger partial charge is 0.507 e. The molecule has 1 amide bonds. The number of carbonyl (C=O) groups excluding carboxylic acids is 1. The maximum absolute atomic E-state index is 13.4. The Hall–Kier alpha value is -3.68. The van der Waals surface area contributed by atoms with Crippen molar-refractivity contribution in [1.29, 1.82) is 0 Å². The van der Waals surface area contributed by atoms with Crippen LogP contribution < -0.4 is 15.9 Å². The molecule has 1 fully saturated rings. The standard InChI is InChI=1S/C24H27N5O3/c1-3-17-8-6-7-13-28(17)22-19(24(32)29-15-16(2)11-12-21(29)26-22)14-25-27-23(31)18-9-4-5-10-20(18)30/h4-5,9-12,14-15,17,30H,3,6-8,13H2,1-2H3,(H,27,31)/b25-14+. The second kappa shape index (κ2) is 9.21. The van der Waals surface area contributed by atoms with Crippen LogP contribution in [0.4, 0.5) is 5.82 Å². The fourth-order valence-electron chi connectivity index (χ4n) is 4.16. The minimum atomic E-state index is -0.560. The highest BCUT2D eigenvalue weighted by Crippen LogP contribution is 2.26. The number of piperidine rings is 1. The monoisotopic (exact) mass is 433 g/mol. The summed E-state index contributed by atoms with van der Waals surface area (Å²) in [6.07, 6.45) is 7.30. The van der Waals surface area contributed by atoms with Gasteiger partial charge in [-0.05, 0) is 56.4 Å². The van der Waals surface area contributed by atoms with Crippen molar-refractivity contribution >= 4 is 23.6 Å². The summed E-state index contributed by atoms with van der Waals surface area (Å²) >= 11 is 0. The molecule has 2 N–H and O–H groups in total. The molecule has 32 heavy (non-hydrogen) atoms. The van der Waals surface area contributed by atoms with Crippen molar-refractivity contribution in [2.24, 2.45) is 5.10 Å². The number of nitrogens with one attached hydrogen (secondary N) is 1. The van der Waals surface area contributed by atoms with E-state index >= 15 is 0 Å². The third-order valence-corrected chi connectivity index (χ3v) is 5.86. The minimum Gasteiger partial charge on any atom is -0.507 e. The number of hydrogen-bond donors (Lipinski definition) is 2. The predicted octanol–water partition coefficient (Wildman–Crippen LogP) is 3.24. The Bertz CT molecular complexity index is 1230. The van der Waals surface area contributed by atoms with Gasteiger partial charge in [0.25, 0.3) is 11.5 Å². The molecule has 1 aliphatic rings. The van der Waals surface area contributed by atoms with E-state index in [1.165, 1.54) is 22.7 Å². The van der Waals surface area contributed by atoms with E-state index in [-0.39, 0.29) is 16.9 Å². The van der Waals surface area contributed by atoms with Crippen LogP contribution in [0.3, 0.4) is 0 Å². The zero-order chi connectivity index (χ0) is 22.7. The van der Waals surface area contributed by atoms with Crippen molar-refractivity contribution in [1.82, 2.24) is 14.8 Å². The van der Waals surface area contributed by atoms with Crippen molar-refractivity contribution in [2.45, 2.75) is 45.6 Å². The summed E-state index contributed by atoms with van der Waals surface area (Å²) in [7, 11) is 0. The zero-order valence-electron chi connectivity index (χ0n) is 18.3. The van der Waals surface area contributed by atoms with Gasteiger partial charge in [0.2, 0.25) is 0 Å². The van der Waals surface area contributed by atoms with Gasteiger partial charge in [-0.2, -0.15) is 5.10 Å². The van der Waals surface area contributed by atoms with E-state index in [1.54, 1.807) is 18.3 Å². The number of phenols is 1. The number of amides is 1. The van der Waals surface area contributed by atoms with Crippen LogP contribution in [0.15, 0.2) is 52.5 Å². The first-order valence-corrected chi connectivity index (χ1v) is 10.9. The lowest BCUT2D eigenvalue weighted by Gasteiger charge is -2.36. The predicted molar refractivity (Wildman–Crippen MR) is 125 cm³/mol. The number of nitrogens with zero attached hydrogens (tertiary/aromatic N) is 4. The Morgan fingerprint density at radius 3 is 2.88 bits per heavy atom. The van der Waals surface area contributed by atoms with E-state index in [2.05, 4.69) is 22.4 Å². The summed E-state index contributed by atoms with van der Waals surface area (Å²) < 4.78 is 1.51. The van der Waals surface area contributed by atoms with Crippen LogP contribution >= 0.6 is 0 Å². The highest BCUT2D eigenvalue weighted by Gasteiger charge is 2.26. The second-order valence-electron chi connectivity index (χ2n) is 8.06. The van der Waals surface area contributed by atoms with Crippen LogP contribution in [-0.2, 0) is 0 Å². The molecule has 0 bridgehead atoms. The first-order chi connectivity index (χ1) is 15.5. The Morgan fingerprint density at radius 1 is 1.28 bits per heavy atom. The molecule has 0 aliphatic carbocycles. The molecular weight excluding hydrogens is 406 g/mol. The molecular formula is C24H27N5O3. The maximum Gasteiger partial charge on any atom is 0.275 e. The molecule has 1 aliphatic heterocycles. The lowest BCUT2D eigenvalue weighted by Crippen LogP contribution is -2.41. The quantitative estimate of drug-likeness (QED) is 0.475. The Morgan fingerprint density at radius 2 is 2.09 bits per heavy atom. The summed E-state index contributed by atoms with van der Waals surface area (Å²) in [6.45, 7) is 4.87. The number of pyridine rings is 1. The molecule has 0 spiro atoms. The molecule has 1 saturated heterocycles. The van der Waals surface area contributed by atoms with Gasteiger partial charge in [-0.3, -0.25) is 14.0 Å². The van der Waals surface area contributed by atoms with E-state index in [4.69, 9.17) is 4.98 Å². The molecule has 3 heterocycles. The van der Waals surface area contributed by atoms with Crippen LogP contribution in [0, 0.1) is 6.92 Å². The van der Waals surface area contributed by atoms with Crippen LogP contribution in [0.5, 0.6) is 5.75 Å². The smallest absolute Gasteiger partial charge is 0.275 e. The molecule has 3 aromatic rings. The Labute approximate surface area is 186 Å². The fraction of sp³-hybridized carbons (Fsp3) is 0.333. The first kappa shape index (κ1) is 21.5. The molecule has 4 rings (SSSR count). The number of para-hydroxylation sites is 1. The van der Waals surface area contributed by atoms with Gasteiger partial charge in [-0.25, -0.2) is 10.4 Å². The van der Waals surface area contributed by atoms with Crippen molar-refractivity contribution in [3.8, 4) is 5.75 Å². The summed E-state index contributed by atoms with van der Waals surface area (Å²) in [4.78, 5) is 32.8. The Kier molecular flexibility index (Phi) is 6.20. The average molecular weight is 434 g/mol. The van der Waals surface area contributed by atoms with Crippen LogP contribution in [-0.4, -0.2) is 39.2 Å². The molecule has 0 radical (unpaired) electrons. The first-order valence-electron chi connectivity index (χ1n) is 10.9. The molecule has 8 nitrogen and oxygen atoms in total. The van der Waals surface area contributed by atoms with Gasteiger partial charge >= 0.3 is 0 Å². The number of anilines is 1. The van der Waals surface area contributed by atoms with Crippen molar-refractivity contribution in [3.05, 3.63) is 69.6 Å². The average Bonchev–Trinajstić information content (AvgIpc) is 2.81. The third-order valence-electron chi connectivity index (χ3n) is 5.86. The van der Waals surface area contributed by atoms with Crippen molar-refractivity contribution in [2.75, 3.05) is 11.4 Å². The number of phenolic OH excluding ortho intramolecular Hbond substituents is 1. The van der Waals surface area contributed by atoms with E-state index < -0.39 is 5.91 Å². The number of fused-ring (bicyclic) bond motifs is 1. The molecule has 1 atom stereocenters. The topological polar surface area (TPSA) is 99.3 Å². The summed E-state index contributed by atoms with van der Waals surface area (Å²) in [6, 6.07) is 10.3. The van der Waals surface area contributed by atoms with Gasteiger partial charge in [0.15, 0.2) is 0 Å². The summed E-state index contributed by atoms with van der Waals surface area (Å²) in [5.41, 5.74) is 4.11. The highest BCUT2D eigenvalue weighted by atomic mass is 16.3. The van der Waals surface area contributed by atoms with Gasteiger partial charge in [0, 0.05) is 18.8 Å². The summed E-state index contributed by atoms with van der Waals surface area (Å²) in [5.74, 6) is -0.108. The summed E-state index contributed by atoms with van der Waals surface area (Å²) in [5, 5.41) is 13.9. The van der Waals surface area contributed by atoms with Gasteiger partial charge in [-0.1, -0.05) is 25.1 Å². The van der Waals surface area contributed by atoms with Gasteiger partial charge in [-0.15, -0.1) is 0 Å². The molecule has 1 aromatic carbocycles. The number of aryl methyl sites for hydroxylation is 1. The van der Waals surface area contributed by atoms with Gasteiger partial charge < -0.3 is 10.0 Å². The molecule has 1 unspecified atom stereocenters. The van der Waals surface area contributed by atoms with Crippen LogP contribution in [0.2, 0.25) is 0 Å². The van der Waals surface area contributed by atoms with Gasteiger partial charge in [0.05, 0.1) is 11.8 Å². The minimum absolute atomic E-state index is 0.107. The van der Waals surface area contributed by atoms with Crippen LogP contribution in [0.1, 0.15) is 54.1 Å². The van der Waals surface area contributed by atoms with E-state index in [1.807, 2.05) is 19.1 Å². The molecule has 0 saturated carbocycles. The normalized spacial score (nSPS) is 16.6. The molecule has 2 aromatic heterocycles. The van der Waals surface area contributed by atoms with Crippen molar-refractivity contribution in [3.63, 3.8) is 0 Å². The molecule has 8 heteroatoms. The third kappa shape index (κ3) is 4.21. The second-order valence-corrected chi connectivity index (χ2v) is 8.06. The van der Waals surface area contributed by atoms with Crippen LogP contribution in [0.25, 0.3) is 5.65 Å². The number of carbonyl (C=O) groups is 1. The van der Waals surface area contributed by atoms with E-state index in [0.29, 0.717) is 23.1 Å². The maximum atomic E-state index is 13.4. The number of aromatic nitrogens is 2. The lowest BCUT2D eigenvalue weighted by atomic mass is 9.99. The number of benzene rings is 1. The number of hydrazone groups is 1. The molecule has 166 valence electrons. The lowest BCUT2D eigenvalue weighted by molar-refractivity contribution is 0.0952. The Balaban J connectivity index is 1.75. The number of hydrogen-bond acceptors (Lipinski definition) is 6. The highest BCUT2D eigenvalue weighted by molar-refractivity contribution is 5.97.